The fourth-order valence-corrected chi connectivity index (χ4v) is 3.82. The van der Waals surface area contributed by atoms with Crippen LogP contribution in [0.15, 0.2) is 53.0 Å². The second-order valence-corrected chi connectivity index (χ2v) is 7.00. The Morgan fingerprint density at radius 2 is 2.19 bits per heavy atom. The molecule has 0 aromatic carbocycles. The van der Waals surface area contributed by atoms with Crippen LogP contribution >= 0.6 is 0 Å². The molecule has 7 nitrogen and oxygen atoms in total. The van der Waals surface area contributed by atoms with Crippen molar-refractivity contribution in [2.45, 2.75) is 31.9 Å². The summed E-state index contributed by atoms with van der Waals surface area (Å²) in [5.41, 5.74) is 2.91. The number of nitrogens with one attached hydrogen (secondary N) is 1. The van der Waals surface area contributed by atoms with Crippen LogP contribution in [0.4, 0.5) is 0 Å². The first kappa shape index (κ1) is 16.3. The average Bonchev–Trinajstić information content (AvgIpc) is 3.14. The molecular weight excluding hydrogens is 342 g/mol. The van der Waals surface area contributed by atoms with E-state index in [-0.39, 0.29) is 11.7 Å². The quantitative estimate of drug-likeness (QED) is 0.905. The number of H-pyrrole nitrogens is 1. The molecule has 2 aromatic heterocycles. The van der Waals surface area contributed by atoms with Gasteiger partial charge in [0.1, 0.15) is 6.10 Å². The summed E-state index contributed by atoms with van der Waals surface area (Å²) in [5.74, 6) is 1.11. The first-order chi connectivity index (χ1) is 13.3. The highest BCUT2D eigenvalue weighted by Crippen LogP contribution is 2.25. The van der Waals surface area contributed by atoms with Gasteiger partial charge in [-0.05, 0) is 30.9 Å². The Balaban J connectivity index is 1.46. The number of hydrogen-bond acceptors (Lipinski definition) is 5. The van der Waals surface area contributed by atoms with E-state index in [0.717, 1.165) is 37.1 Å². The maximum Gasteiger partial charge on any atom is 0.275 e. The van der Waals surface area contributed by atoms with E-state index < -0.39 is 0 Å². The minimum absolute atomic E-state index is 0.116. The minimum Gasteiger partial charge on any atom is -0.370 e. The zero-order chi connectivity index (χ0) is 18.2. The van der Waals surface area contributed by atoms with Crippen molar-refractivity contribution in [1.29, 1.82) is 0 Å². The van der Waals surface area contributed by atoms with Crippen LogP contribution in [0, 0.1) is 0 Å². The van der Waals surface area contributed by atoms with Crippen LogP contribution in [-0.2, 0) is 11.3 Å². The van der Waals surface area contributed by atoms with Gasteiger partial charge in [0.25, 0.3) is 5.56 Å². The van der Waals surface area contributed by atoms with E-state index in [1.54, 1.807) is 6.07 Å². The third-order valence-electron chi connectivity index (χ3n) is 5.18. The lowest BCUT2D eigenvalue weighted by atomic mass is 10.0. The topological polar surface area (TPSA) is 75.5 Å². The summed E-state index contributed by atoms with van der Waals surface area (Å²) in [4.78, 5) is 22.7. The van der Waals surface area contributed by atoms with Gasteiger partial charge in [-0.15, -0.1) is 5.10 Å². The molecule has 2 aliphatic carbocycles. The number of ether oxygens (including phenoxy) is 1. The molecule has 1 fully saturated rings. The standard InChI is InChI=1S/C20H21N5O2/c26-18-12-15(13-24-10-11-27-17-9-5-4-8-16(17)24)21-20-22-19(23-25(18)20)14-6-2-1-3-7-14/h1-2,4-6,8,12,17H,3,7,9-11,13H2,(H,21,22,23). The Bertz CT molecular complexity index is 1060. The lowest BCUT2D eigenvalue weighted by molar-refractivity contribution is 0.00549. The number of hydrogen-bond donors (Lipinski definition) is 1. The van der Waals surface area contributed by atoms with Crippen LogP contribution in [0.5, 0.6) is 0 Å². The predicted molar refractivity (Wildman–Crippen MR) is 102 cm³/mol. The second kappa shape index (κ2) is 6.66. The fraction of sp³-hybridized carbons (Fsp3) is 0.350. The lowest BCUT2D eigenvalue weighted by Crippen LogP contribution is -2.40. The van der Waals surface area contributed by atoms with Crippen molar-refractivity contribution < 1.29 is 4.74 Å². The largest absolute Gasteiger partial charge is 0.370 e. The molecule has 0 bridgehead atoms. The van der Waals surface area contributed by atoms with Crippen molar-refractivity contribution in [2.24, 2.45) is 0 Å². The van der Waals surface area contributed by atoms with E-state index in [2.05, 4.69) is 44.3 Å². The van der Waals surface area contributed by atoms with Crippen molar-refractivity contribution in [3.8, 4) is 0 Å². The molecule has 3 heterocycles. The number of nitrogens with zero attached hydrogens (tertiary/aromatic N) is 4. The summed E-state index contributed by atoms with van der Waals surface area (Å²) >= 11 is 0. The Morgan fingerprint density at radius 3 is 3.07 bits per heavy atom. The molecular formula is C20H21N5O2. The molecule has 0 amide bonds. The molecule has 2 aromatic rings. The van der Waals surface area contributed by atoms with Gasteiger partial charge in [-0.25, -0.2) is 0 Å². The number of aromatic nitrogens is 4. The van der Waals surface area contributed by atoms with E-state index in [1.807, 2.05) is 12.2 Å². The van der Waals surface area contributed by atoms with E-state index in [1.165, 1.54) is 10.2 Å². The molecule has 138 valence electrons. The van der Waals surface area contributed by atoms with E-state index in [9.17, 15) is 4.79 Å². The van der Waals surface area contributed by atoms with Crippen LogP contribution in [0.25, 0.3) is 11.4 Å². The predicted octanol–water partition coefficient (Wildman–Crippen LogP) is 2.20. The fourth-order valence-electron chi connectivity index (χ4n) is 3.82. The second-order valence-electron chi connectivity index (χ2n) is 7.00. The van der Waals surface area contributed by atoms with Crippen molar-refractivity contribution >= 4 is 11.4 Å². The highest BCUT2D eigenvalue weighted by atomic mass is 16.5. The molecule has 0 radical (unpaired) electrons. The number of morpholine rings is 1. The van der Waals surface area contributed by atoms with Gasteiger partial charge in [0, 0.05) is 24.0 Å². The molecule has 1 saturated heterocycles. The molecule has 5 rings (SSSR count). The zero-order valence-corrected chi connectivity index (χ0v) is 15.0. The Labute approximate surface area is 156 Å². The SMILES string of the molecule is O=c1cc(CN2CCOC3CC=CC=C32)[nH]c2nc(C3=CC=CCC3)nn12. The molecule has 1 unspecified atom stereocenters. The van der Waals surface area contributed by atoms with E-state index in [0.29, 0.717) is 24.8 Å². The van der Waals surface area contributed by atoms with Crippen LogP contribution < -0.4 is 5.56 Å². The Kier molecular flexibility index (Phi) is 4.01. The zero-order valence-electron chi connectivity index (χ0n) is 15.0. The summed E-state index contributed by atoms with van der Waals surface area (Å²) in [5, 5.41) is 4.39. The third kappa shape index (κ3) is 3.04. The van der Waals surface area contributed by atoms with Gasteiger partial charge in [0.2, 0.25) is 5.78 Å². The first-order valence-electron chi connectivity index (χ1n) is 9.36. The number of rotatable bonds is 3. The van der Waals surface area contributed by atoms with Crippen LogP contribution in [0.1, 0.15) is 30.8 Å². The minimum atomic E-state index is -0.160. The number of allylic oxidation sites excluding steroid dienone is 6. The van der Waals surface area contributed by atoms with Crippen LogP contribution in [-0.4, -0.2) is 43.7 Å². The van der Waals surface area contributed by atoms with Crippen molar-refractivity contribution in [2.75, 3.05) is 13.2 Å². The molecule has 3 aliphatic rings. The molecule has 1 atom stereocenters. The Morgan fingerprint density at radius 1 is 1.26 bits per heavy atom. The normalized spacial score (nSPS) is 21.9. The van der Waals surface area contributed by atoms with Gasteiger partial charge < -0.3 is 14.6 Å². The third-order valence-corrected chi connectivity index (χ3v) is 5.18. The van der Waals surface area contributed by atoms with Crippen molar-refractivity contribution in [1.82, 2.24) is 24.5 Å². The summed E-state index contributed by atoms with van der Waals surface area (Å²) in [6.45, 7) is 2.12. The van der Waals surface area contributed by atoms with E-state index in [4.69, 9.17) is 4.74 Å². The number of aromatic amines is 1. The van der Waals surface area contributed by atoms with Crippen LogP contribution in [0.2, 0.25) is 0 Å². The smallest absolute Gasteiger partial charge is 0.275 e. The monoisotopic (exact) mass is 363 g/mol. The van der Waals surface area contributed by atoms with Gasteiger partial charge >= 0.3 is 0 Å². The maximum absolute atomic E-state index is 12.6. The first-order valence-corrected chi connectivity index (χ1v) is 9.36. The van der Waals surface area contributed by atoms with Crippen molar-refractivity contribution in [3.05, 3.63) is 70.1 Å². The summed E-state index contributed by atoms with van der Waals surface area (Å²) in [7, 11) is 0. The van der Waals surface area contributed by atoms with E-state index >= 15 is 0 Å². The average molecular weight is 363 g/mol. The van der Waals surface area contributed by atoms with Gasteiger partial charge in [0.05, 0.1) is 13.2 Å². The van der Waals surface area contributed by atoms with Gasteiger partial charge in [-0.2, -0.15) is 9.50 Å². The lowest BCUT2D eigenvalue weighted by Gasteiger charge is -2.37. The molecule has 1 N–H and O–H groups in total. The van der Waals surface area contributed by atoms with Gasteiger partial charge in [-0.3, -0.25) is 4.79 Å². The summed E-state index contributed by atoms with van der Waals surface area (Å²) < 4.78 is 7.19. The number of fused-ring (bicyclic) bond motifs is 2. The summed E-state index contributed by atoms with van der Waals surface area (Å²) in [6.07, 6.45) is 15.3. The molecule has 27 heavy (non-hydrogen) atoms. The molecule has 0 spiro atoms. The highest BCUT2D eigenvalue weighted by molar-refractivity contribution is 5.63. The molecule has 0 saturated carbocycles. The Hall–Kier alpha value is -2.93. The van der Waals surface area contributed by atoms with Crippen LogP contribution in [0.3, 0.4) is 0 Å². The highest BCUT2D eigenvalue weighted by Gasteiger charge is 2.26. The van der Waals surface area contributed by atoms with Gasteiger partial charge in [0.15, 0.2) is 5.82 Å². The maximum atomic E-state index is 12.6. The van der Waals surface area contributed by atoms with Gasteiger partial charge in [-0.1, -0.05) is 30.4 Å². The molecule has 7 heteroatoms. The van der Waals surface area contributed by atoms with Crippen molar-refractivity contribution in [3.63, 3.8) is 0 Å². The summed E-state index contributed by atoms with van der Waals surface area (Å²) in [6, 6.07) is 1.62. The molecule has 1 aliphatic heterocycles.